The molecule has 1 unspecified atom stereocenters. The summed E-state index contributed by atoms with van der Waals surface area (Å²) in [4.78, 5) is 20.2. The summed E-state index contributed by atoms with van der Waals surface area (Å²) < 4.78 is 5.33. The number of nitrogens with zero attached hydrogens (tertiary/aromatic N) is 2. The van der Waals surface area contributed by atoms with E-state index < -0.39 is 0 Å². The highest BCUT2D eigenvalue weighted by molar-refractivity contribution is 5.94. The third-order valence-electron chi connectivity index (χ3n) is 3.98. The zero-order chi connectivity index (χ0) is 16.1. The molecule has 23 heavy (non-hydrogen) atoms. The molecule has 0 spiro atoms. The molecule has 1 atom stereocenters. The fourth-order valence-corrected chi connectivity index (χ4v) is 2.63. The quantitative estimate of drug-likeness (QED) is 0.880. The lowest BCUT2D eigenvalue weighted by atomic mass is 10.1. The normalized spacial score (nSPS) is 17.1. The van der Waals surface area contributed by atoms with E-state index in [1.165, 1.54) is 0 Å². The Morgan fingerprint density at radius 3 is 2.83 bits per heavy atom. The molecule has 1 aliphatic rings. The zero-order valence-corrected chi connectivity index (χ0v) is 12.9. The number of ether oxygens (including phenoxy) is 1. The van der Waals surface area contributed by atoms with Crippen LogP contribution in [0.5, 0.6) is 0 Å². The molecule has 2 aromatic rings. The van der Waals surface area contributed by atoms with Crippen molar-refractivity contribution in [3.8, 4) is 11.3 Å². The van der Waals surface area contributed by atoms with Gasteiger partial charge in [0.1, 0.15) is 0 Å². The molecule has 1 amide bonds. The minimum Gasteiger partial charge on any atom is -0.381 e. The molecule has 1 aromatic heterocycles. The summed E-state index contributed by atoms with van der Waals surface area (Å²) in [6.45, 7) is 2.33. The molecule has 1 aromatic carbocycles. The topological polar surface area (TPSA) is 90.1 Å². The molecule has 1 aliphatic heterocycles. The van der Waals surface area contributed by atoms with Crippen molar-refractivity contribution < 1.29 is 9.53 Å². The standard InChI is InChI=1S/C17H20N4O2/c18-17-20-9-6-15(21-17)13-1-3-14(4-2-13)16(22)19-8-5-12-7-10-23-11-12/h1-4,6,9,12H,5,7-8,10-11H2,(H,19,22)(H2,18,20,21). The van der Waals surface area contributed by atoms with Crippen LogP contribution in [0.1, 0.15) is 23.2 Å². The maximum atomic E-state index is 12.1. The van der Waals surface area contributed by atoms with Gasteiger partial charge in [-0.2, -0.15) is 0 Å². The maximum Gasteiger partial charge on any atom is 0.251 e. The van der Waals surface area contributed by atoms with Crippen LogP contribution in [0.3, 0.4) is 0 Å². The summed E-state index contributed by atoms with van der Waals surface area (Å²) in [7, 11) is 0. The van der Waals surface area contributed by atoms with Crippen LogP contribution in [0.2, 0.25) is 0 Å². The van der Waals surface area contributed by atoms with Gasteiger partial charge in [0, 0.05) is 37.1 Å². The van der Waals surface area contributed by atoms with E-state index in [2.05, 4.69) is 15.3 Å². The lowest BCUT2D eigenvalue weighted by Gasteiger charge is -2.09. The zero-order valence-electron chi connectivity index (χ0n) is 12.9. The summed E-state index contributed by atoms with van der Waals surface area (Å²) in [6.07, 6.45) is 3.67. The molecule has 0 saturated carbocycles. The van der Waals surface area contributed by atoms with Gasteiger partial charge in [0.05, 0.1) is 5.69 Å². The molecule has 0 radical (unpaired) electrons. The average Bonchev–Trinajstić information content (AvgIpc) is 3.08. The molecular weight excluding hydrogens is 292 g/mol. The molecule has 3 N–H and O–H groups in total. The fraction of sp³-hybridized carbons (Fsp3) is 0.353. The Balaban J connectivity index is 1.56. The van der Waals surface area contributed by atoms with Gasteiger partial charge >= 0.3 is 0 Å². The van der Waals surface area contributed by atoms with E-state index in [0.29, 0.717) is 18.0 Å². The molecule has 1 saturated heterocycles. The molecule has 3 rings (SSSR count). The molecule has 0 aliphatic carbocycles. The number of amides is 1. The number of hydrogen-bond donors (Lipinski definition) is 2. The highest BCUT2D eigenvalue weighted by Gasteiger charge is 2.15. The van der Waals surface area contributed by atoms with Gasteiger partial charge in [0.2, 0.25) is 5.95 Å². The summed E-state index contributed by atoms with van der Waals surface area (Å²) in [5.41, 5.74) is 7.87. The van der Waals surface area contributed by atoms with Gasteiger partial charge in [-0.15, -0.1) is 0 Å². The van der Waals surface area contributed by atoms with Crippen LogP contribution in [0.15, 0.2) is 36.5 Å². The third-order valence-corrected chi connectivity index (χ3v) is 3.98. The number of nitrogens with two attached hydrogens (primary N) is 1. The van der Waals surface area contributed by atoms with Crippen LogP contribution in [-0.2, 0) is 4.74 Å². The first-order chi connectivity index (χ1) is 11.2. The maximum absolute atomic E-state index is 12.1. The second kappa shape index (κ2) is 7.19. The second-order valence-corrected chi connectivity index (χ2v) is 5.65. The molecule has 6 nitrogen and oxygen atoms in total. The van der Waals surface area contributed by atoms with E-state index in [9.17, 15) is 4.79 Å². The Morgan fingerprint density at radius 1 is 1.30 bits per heavy atom. The number of hydrogen-bond acceptors (Lipinski definition) is 5. The van der Waals surface area contributed by atoms with Gasteiger partial charge in [0.25, 0.3) is 5.91 Å². The average molecular weight is 312 g/mol. The SMILES string of the molecule is Nc1nccc(-c2ccc(C(=O)NCCC3CCOC3)cc2)n1. The lowest BCUT2D eigenvalue weighted by Crippen LogP contribution is -2.26. The minimum atomic E-state index is -0.0577. The Kier molecular flexibility index (Phi) is 4.83. The summed E-state index contributed by atoms with van der Waals surface area (Å²) in [5, 5.41) is 2.95. The number of benzene rings is 1. The minimum absolute atomic E-state index is 0.0577. The van der Waals surface area contributed by atoms with Gasteiger partial charge in [-0.05, 0) is 37.0 Å². The number of anilines is 1. The Hall–Kier alpha value is -2.47. The number of carbonyl (C=O) groups excluding carboxylic acids is 1. The number of nitrogens with one attached hydrogen (secondary N) is 1. The van der Waals surface area contributed by atoms with Crippen LogP contribution in [0.4, 0.5) is 5.95 Å². The van der Waals surface area contributed by atoms with Crippen LogP contribution >= 0.6 is 0 Å². The number of rotatable bonds is 5. The smallest absolute Gasteiger partial charge is 0.251 e. The number of aromatic nitrogens is 2. The Morgan fingerprint density at radius 2 is 2.13 bits per heavy atom. The summed E-state index contributed by atoms with van der Waals surface area (Å²) in [5.74, 6) is 0.749. The van der Waals surface area contributed by atoms with Crippen molar-refractivity contribution in [3.63, 3.8) is 0 Å². The van der Waals surface area contributed by atoms with E-state index >= 15 is 0 Å². The molecule has 120 valence electrons. The van der Waals surface area contributed by atoms with E-state index in [4.69, 9.17) is 10.5 Å². The lowest BCUT2D eigenvalue weighted by molar-refractivity contribution is 0.0950. The predicted octanol–water partition coefficient (Wildman–Crippen LogP) is 1.88. The van der Waals surface area contributed by atoms with E-state index in [1.807, 2.05) is 12.1 Å². The van der Waals surface area contributed by atoms with E-state index in [-0.39, 0.29) is 11.9 Å². The monoisotopic (exact) mass is 312 g/mol. The van der Waals surface area contributed by atoms with Gasteiger partial charge in [0.15, 0.2) is 0 Å². The van der Waals surface area contributed by atoms with Crippen molar-refractivity contribution in [1.29, 1.82) is 0 Å². The van der Waals surface area contributed by atoms with Crippen molar-refractivity contribution >= 4 is 11.9 Å². The van der Waals surface area contributed by atoms with Crippen molar-refractivity contribution in [2.75, 3.05) is 25.5 Å². The molecule has 2 heterocycles. The van der Waals surface area contributed by atoms with Crippen molar-refractivity contribution in [1.82, 2.24) is 15.3 Å². The van der Waals surface area contributed by atoms with E-state index in [0.717, 1.165) is 37.3 Å². The Labute approximate surface area is 135 Å². The first-order valence-electron chi connectivity index (χ1n) is 7.77. The van der Waals surface area contributed by atoms with Crippen LogP contribution in [0, 0.1) is 5.92 Å². The fourth-order valence-electron chi connectivity index (χ4n) is 2.63. The third kappa shape index (κ3) is 4.04. The predicted molar refractivity (Wildman–Crippen MR) is 87.8 cm³/mol. The van der Waals surface area contributed by atoms with Crippen LogP contribution < -0.4 is 11.1 Å². The van der Waals surface area contributed by atoms with Crippen molar-refractivity contribution in [2.45, 2.75) is 12.8 Å². The molecule has 1 fully saturated rings. The highest BCUT2D eigenvalue weighted by Crippen LogP contribution is 2.18. The summed E-state index contributed by atoms with van der Waals surface area (Å²) in [6, 6.07) is 9.10. The number of carbonyl (C=O) groups is 1. The first-order valence-corrected chi connectivity index (χ1v) is 7.77. The van der Waals surface area contributed by atoms with Gasteiger partial charge in [-0.3, -0.25) is 4.79 Å². The first kappa shape index (κ1) is 15.4. The van der Waals surface area contributed by atoms with Crippen LogP contribution in [-0.4, -0.2) is 35.6 Å². The second-order valence-electron chi connectivity index (χ2n) is 5.65. The Bertz CT molecular complexity index is 667. The van der Waals surface area contributed by atoms with Gasteiger partial charge < -0.3 is 15.8 Å². The summed E-state index contributed by atoms with van der Waals surface area (Å²) >= 11 is 0. The largest absolute Gasteiger partial charge is 0.381 e. The van der Waals surface area contributed by atoms with Gasteiger partial charge in [-0.25, -0.2) is 9.97 Å². The van der Waals surface area contributed by atoms with E-state index in [1.54, 1.807) is 24.4 Å². The van der Waals surface area contributed by atoms with Gasteiger partial charge in [-0.1, -0.05) is 12.1 Å². The highest BCUT2D eigenvalue weighted by atomic mass is 16.5. The van der Waals surface area contributed by atoms with Crippen molar-refractivity contribution in [3.05, 3.63) is 42.1 Å². The molecule has 6 heteroatoms. The molecular formula is C17H20N4O2. The number of nitrogen functional groups attached to an aromatic ring is 1. The van der Waals surface area contributed by atoms with Crippen molar-refractivity contribution in [2.24, 2.45) is 5.92 Å². The molecule has 0 bridgehead atoms. The van der Waals surface area contributed by atoms with Crippen LogP contribution in [0.25, 0.3) is 11.3 Å².